The number of benzene rings is 2. The standard InChI is InChI=1S/C22H20ClN3O5/c23-19-8-4-1-5-15(19)13-24(20(27)14-9-11-16(12-10-14)26(30)31)25-21(28)17-6-2-3-7-18(17)22(25)29/h1,4-5,8-12,17-18H,2-3,6-7,13H2/t17-,18-/m1/s1. The molecule has 2 aromatic carbocycles. The van der Waals surface area contributed by atoms with Gasteiger partial charge >= 0.3 is 0 Å². The summed E-state index contributed by atoms with van der Waals surface area (Å²) in [7, 11) is 0. The van der Waals surface area contributed by atoms with Crippen molar-refractivity contribution in [2.24, 2.45) is 11.8 Å². The molecular weight excluding hydrogens is 422 g/mol. The molecule has 1 aliphatic heterocycles. The Bertz CT molecular complexity index is 1030. The van der Waals surface area contributed by atoms with Crippen LogP contribution in [-0.4, -0.2) is 32.7 Å². The lowest BCUT2D eigenvalue weighted by molar-refractivity contribution is -0.384. The molecule has 0 bridgehead atoms. The van der Waals surface area contributed by atoms with E-state index in [9.17, 15) is 24.5 Å². The first-order chi connectivity index (χ1) is 14.9. The van der Waals surface area contributed by atoms with Crippen LogP contribution in [0.15, 0.2) is 48.5 Å². The molecule has 2 atom stereocenters. The second kappa shape index (κ2) is 8.47. The van der Waals surface area contributed by atoms with Crippen LogP contribution < -0.4 is 0 Å². The average Bonchev–Trinajstić information content (AvgIpc) is 3.03. The van der Waals surface area contributed by atoms with Crippen molar-refractivity contribution in [2.75, 3.05) is 0 Å². The number of non-ortho nitro benzene ring substituents is 1. The van der Waals surface area contributed by atoms with E-state index in [0.29, 0.717) is 23.4 Å². The number of carbonyl (C=O) groups excluding carboxylic acids is 3. The van der Waals surface area contributed by atoms with Crippen molar-refractivity contribution < 1.29 is 19.3 Å². The van der Waals surface area contributed by atoms with E-state index in [1.165, 1.54) is 24.3 Å². The molecule has 0 N–H and O–H groups in total. The first-order valence-corrected chi connectivity index (χ1v) is 10.4. The fourth-order valence-electron chi connectivity index (χ4n) is 4.28. The fourth-order valence-corrected chi connectivity index (χ4v) is 4.47. The number of nitro benzene ring substituents is 1. The van der Waals surface area contributed by atoms with Crippen molar-refractivity contribution in [1.29, 1.82) is 0 Å². The monoisotopic (exact) mass is 441 g/mol. The molecule has 0 aromatic heterocycles. The van der Waals surface area contributed by atoms with Crippen LogP contribution >= 0.6 is 11.6 Å². The van der Waals surface area contributed by atoms with Crippen molar-refractivity contribution in [3.63, 3.8) is 0 Å². The molecule has 1 saturated carbocycles. The second-order valence-electron chi connectivity index (χ2n) is 7.74. The number of imide groups is 1. The number of halogens is 1. The third-order valence-corrected chi connectivity index (χ3v) is 6.27. The number of nitrogens with zero attached hydrogens (tertiary/aromatic N) is 3. The third kappa shape index (κ3) is 3.90. The summed E-state index contributed by atoms with van der Waals surface area (Å²) in [5.74, 6) is -2.19. The lowest BCUT2D eigenvalue weighted by Crippen LogP contribution is -2.49. The quantitative estimate of drug-likeness (QED) is 0.397. The number of nitro groups is 1. The summed E-state index contributed by atoms with van der Waals surface area (Å²) in [6.45, 7) is -0.0770. The van der Waals surface area contributed by atoms with Gasteiger partial charge in [-0.2, -0.15) is 5.01 Å². The number of amides is 3. The van der Waals surface area contributed by atoms with E-state index < -0.39 is 22.7 Å². The minimum atomic E-state index is -0.602. The molecule has 1 aliphatic carbocycles. The lowest BCUT2D eigenvalue weighted by Gasteiger charge is -2.31. The van der Waals surface area contributed by atoms with Gasteiger partial charge in [-0.05, 0) is 36.6 Å². The summed E-state index contributed by atoms with van der Waals surface area (Å²) >= 11 is 6.27. The van der Waals surface area contributed by atoms with Crippen LogP contribution in [0.5, 0.6) is 0 Å². The molecular formula is C22H20ClN3O5. The maximum absolute atomic E-state index is 13.4. The largest absolute Gasteiger partial charge is 0.273 e. The smallest absolute Gasteiger partial charge is 0.272 e. The Kier molecular flexibility index (Phi) is 5.73. The highest BCUT2D eigenvalue weighted by Crippen LogP contribution is 2.39. The van der Waals surface area contributed by atoms with E-state index in [0.717, 1.165) is 22.9 Å². The molecule has 8 nitrogen and oxygen atoms in total. The molecule has 3 amide bonds. The minimum absolute atomic E-state index is 0.0770. The van der Waals surface area contributed by atoms with Crippen LogP contribution in [0.1, 0.15) is 41.6 Å². The molecule has 0 spiro atoms. The van der Waals surface area contributed by atoms with E-state index in [1.54, 1.807) is 24.3 Å². The summed E-state index contributed by atoms with van der Waals surface area (Å²) in [5, 5.41) is 13.4. The first kappa shape index (κ1) is 21.0. The number of carbonyl (C=O) groups is 3. The average molecular weight is 442 g/mol. The number of fused-ring (bicyclic) bond motifs is 1. The predicted octanol–water partition coefficient (Wildman–Crippen LogP) is 3.98. The Labute approximate surface area is 183 Å². The summed E-state index contributed by atoms with van der Waals surface area (Å²) < 4.78 is 0. The normalized spacial score (nSPS) is 20.5. The molecule has 160 valence electrons. The third-order valence-electron chi connectivity index (χ3n) is 5.90. The highest BCUT2D eigenvalue weighted by atomic mass is 35.5. The molecule has 1 heterocycles. The number of rotatable bonds is 5. The topological polar surface area (TPSA) is 101 Å². The van der Waals surface area contributed by atoms with Crippen molar-refractivity contribution in [3.05, 3.63) is 74.8 Å². The van der Waals surface area contributed by atoms with Gasteiger partial charge in [-0.1, -0.05) is 42.6 Å². The Morgan fingerprint density at radius 1 is 1.03 bits per heavy atom. The number of hydrazine groups is 1. The molecule has 2 fully saturated rings. The zero-order valence-electron chi connectivity index (χ0n) is 16.6. The van der Waals surface area contributed by atoms with Crippen LogP contribution in [0, 0.1) is 22.0 Å². The lowest BCUT2D eigenvalue weighted by atomic mass is 9.81. The maximum atomic E-state index is 13.4. The maximum Gasteiger partial charge on any atom is 0.273 e. The van der Waals surface area contributed by atoms with Crippen LogP contribution in [0.3, 0.4) is 0 Å². The van der Waals surface area contributed by atoms with Gasteiger partial charge in [-0.3, -0.25) is 24.5 Å². The van der Waals surface area contributed by atoms with Crippen molar-refractivity contribution in [1.82, 2.24) is 10.0 Å². The summed E-state index contributed by atoms with van der Waals surface area (Å²) in [6.07, 6.45) is 2.98. The van der Waals surface area contributed by atoms with E-state index in [1.807, 2.05) is 0 Å². The Morgan fingerprint density at radius 3 is 2.16 bits per heavy atom. The van der Waals surface area contributed by atoms with Crippen LogP contribution in [-0.2, 0) is 16.1 Å². The van der Waals surface area contributed by atoms with Crippen molar-refractivity contribution in [3.8, 4) is 0 Å². The second-order valence-corrected chi connectivity index (χ2v) is 8.15. The SMILES string of the molecule is O=C(c1ccc([N+](=O)[O-])cc1)N(Cc1ccccc1Cl)N1C(=O)[C@@H]2CCCC[C@H]2C1=O. The van der Waals surface area contributed by atoms with Gasteiger partial charge in [0, 0.05) is 22.7 Å². The highest BCUT2D eigenvalue weighted by Gasteiger charge is 2.51. The molecule has 4 rings (SSSR count). The Morgan fingerprint density at radius 2 is 1.61 bits per heavy atom. The van der Waals surface area contributed by atoms with E-state index in [2.05, 4.69) is 0 Å². The van der Waals surface area contributed by atoms with Crippen molar-refractivity contribution >= 4 is 35.0 Å². The van der Waals surface area contributed by atoms with Gasteiger partial charge < -0.3 is 0 Å². The molecule has 1 saturated heterocycles. The van der Waals surface area contributed by atoms with Crippen molar-refractivity contribution in [2.45, 2.75) is 32.2 Å². The van der Waals surface area contributed by atoms with Gasteiger partial charge in [0.2, 0.25) is 0 Å². The van der Waals surface area contributed by atoms with Gasteiger partial charge in [0.25, 0.3) is 23.4 Å². The Balaban J connectivity index is 1.71. The molecule has 0 unspecified atom stereocenters. The summed E-state index contributed by atoms with van der Waals surface area (Å²) in [4.78, 5) is 50.0. The first-order valence-electron chi connectivity index (χ1n) is 10.1. The van der Waals surface area contributed by atoms with E-state index >= 15 is 0 Å². The number of hydrogen-bond donors (Lipinski definition) is 0. The van der Waals surface area contributed by atoms with Crippen LogP contribution in [0.25, 0.3) is 0 Å². The van der Waals surface area contributed by atoms with Gasteiger partial charge in [-0.15, -0.1) is 0 Å². The zero-order valence-corrected chi connectivity index (χ0v) is 17.3. The van der Waals surface area contributed by atoms with Gasteiger partial charge in [0.15, 0.2) is 0 Å². The van der Waals surface area contributed by atoms with Crippen LogP contribution in [0.4, 0.5) is 5.69 Å². The van der Waals surface area contributed by atoms with Gasteiger partial charge in [0.05, 0.1) is 23.3 Å². The van der Waals surface area contributed by atoms with Gasteiger partial charge in [-0.25, -0.2) is 5.01 Å². The molecule has 2 aliphatic rings. The minimum Gasteiger partial charge on any atom is -0.272 e. The summed E-state index contributed by atoms with van der Waals surface area (Å²) in [6, 6.07) is 12.0. The molecule has 2 aromatic rings. The van der Waals surface area contributed by atoms with E-state index in [4.69, 9.17) is 11.6 Å². The molecule has 31 heavy (non-hydrogen) atoms. The number of hydrogen-bond acceptors (Lipinski definition) is 5. The van der Waals surface area contributed by atoms with Crippen LogP contribution in [0.2, 0.25) is 5.02 Å². The molecule has 9 heteroatoms. The highest BCUT2D eigenvalue weighted by molar-refractivity contribution is 6.31. The van der Waals surface area contributed by atoms with E-state index in [-0.39, 0.29) is 29.6 Å². The fraction of sp³-hybridized carbons (Fsp3) is 0.318. The Hall–Kier alpha value is -3.26. The van der Waals surface area contributed by atoms with Gasteiger partial charge in [0.1, 0.15) is 0 Å². The predicted molar refractivity (Wildman–Crippen MR) is 112 cm³/mol. The zero-order chi connectivity index (χ0) is 22.1. The summed E-state index contributed by atoms with van der Waals surface area (Å²) in [5.41, 5.74) is 0.552. The molecule has 0 radical (unpaired) electrons.